The summed E-state index contributed by atoms with van der Waals surface area (Å²) < 4.78 is 25.7. The number of sulfonamides is 1. The van der Waals surface area contributed by atoms with Crippen LogP contribution in [0.1, 0.15) is 60.7 Å². The highest BCUT2D eigenvalue weighted by Crippen LogP contribution is 2.32. The van der Waals surface area contributed by atoms with Gasteiger partial charge in [-0.15, -0.1) is 0 Å². The Morgan fingerprint density at radius 2 is 1.83 bits per heavy atom. The fourth-order valence-corrected chi connectivity index (χ4v) is 5.01. The van der Waals surface area contributed by atoms with Gasteiger partial charge in [-0.25, -0.2) is 13.6 Å². The van der Waals surface area contributed by atoms with Crippen molar-refractivity contribution in [3.63, 3.8) is 0 Å². The van der Waals surface area contributed by atoms with Crippen molar-refractivity contribution >= 4 is 27.7 Å². The van der Waals surface area contributed by atoms with Crippen molar-refractivity contribution in [3.05, 3.63) is 52.9 Å². The molecular weight excluding hydrogens is 386 g/mol. The van der Waals surface area contributed by atoms with E-state index in [4.69, 9.17) is 5.14 Å². The molecule has 3 rings (SSSR count). The zero-order valence-corrected chi connectivity index (χ0v) is 18.1. The number of carbonyl (C=O) groups is 1. The van der Waals surface area contributed by atoms with Gasteiger partial charge < -0.3 is 9.88 Å². The highest BCUT2D eigenvalue weighted by molar-refractivity contribution is 7.89. The molecule has 1 aromatic carbocycles. The maximum atomic E-state index is 12.4. The molecule has 2 aromatic rings. The lowest BCUT2D eigenvalue weighted by Crippen LogP contribution is -2.15. The van der Waals surface area contributed by atoms with Crippen LogP contribution in [0.5, 0.6) is 0 Å². The van der Waals surface area contributed by atoms with E-state index in [1.54, 1.807) is 19.1 Å². The first-order valence-electron chi connectivity index (χ1n) is 9.98. The second-order valence-electron chi connectivity index (χ2n) is 7.84. The molecule has 3 N–H and O–H groups in total. The predicted octanol–water partition coefficient (Wildman–Crippen LogP) is 4.22. The third-order valence-corrected chi connectivity index (χ3v) is 6.69. The smallest absolute Gasteiger partial charge is 0.248 e. The van der Waals surface area contributed by atoms with Gasteiger partial charge in [-0.3, -0.25) is 4.79 Å². The van der Waals surface area contributed by atoms with Gasteiger partial charge in [0.25, 0.3) is 0 Å². The summed E-state index contributed by atoms with van der Waals surface area (Å²) in [7, 11) is -3.84. The number of carbonyl (C=O) groups excluding carboxylic acids is 1. The number of benzene rings is 1. The van der Waals surface area contributed by atoms with Gasteiger partial charge in [0.15, 0.2) is 0 Å². The molecule has 0 bridgehead atoms. The minimum absolute atomic E-state index is 0.00954. The lowest BCUT2D eigenvalue weighted by Gasteiger charge is -2.26. The molecule has 29 heavy (non-hydrogen) atoms. The summed E-state index contributed by atoms with van der Waals surface area (Å²) >= 11 is 0. The molecular formula is C22H29N3O3S. The number of nitrogens with zero attached hydrogens (tertiary/aromatic N) is 1. The molecule has 0 radical (unpaired) electrons. The molecule has 6 nitrogen and oxygen atoms in total. The topological polar surface area (TPSA) is 94.2 Å². The summed E-state index contributed by atoms with van der Waals surface area (Å²) in [5, 5.41) is 7.93. The van der Waals surface area contributed by atoms with E-state index in [0.29, 0.717) is 17.3 Å². The van der Waals surface area contributed by atoms with Crippen LogP contribution in [0.3, 0.4) is 0 Å². The highest BCUT2D eigenvalue weighted by Gasteiger charge is 2.19. The number of hydrogen-bond acceptors (Lipinski definition) is 3. The molecule has 0 aliphatic heterocycles. The van der Waals surface area contributed by atoms with Crippen LogP contribution in [0.25, 0.3) is 6.08 Å². The number of rotatable bonds is 5. The second kappa shape index (κ2) is 8.55. The Balaban J connectivity index is 1.75. The molecule has 1 heterocycles. The van der Waals surface area contributed by atoms with Crippen LogP contribution >= 0.6 is 0 Å². The molecule has 0 unspecified atom stereocenters. The van der Waals surface area contributed by atoms with Gasteiger partial charge >= 0.3 is 0 Å². The summed E-state index contributed by atoms with van der Waals surface area (Å²) in [6, 6.07) is 7.31. The normalized spacial score (nSPS) is 15.7. The Labute approximate surface area is 172 Å². The number of hydrogen-bond donors (Lipinski definition) is 2. The SMILES string of the molecule is Cc1ccc(NC(=O)/C=C/c2cc(C)n(C3CCCCC3)c2C)cc1S(N)(=O)=O. The van der Waals surface area contributed by atoms with Crippen molar-refractivity contribution < 1.29 is 13.2 Å². The van der Waals surface area contributed by atoms with Crippen LogP contribution in [-0.2, 0) is 14.8 Å². The Hall–Kier alpha value is -2.38. The second-order valence-corrected chi connectivity index (χ2v) is 9.37. The number of amides is 1. The summed E-state index contributed by atoms with van der Waals surface area (Å²) in [4.78, 5) is 12.4. The zero-order valence-electron chi connectivity index (χ0n) is 17.2. The molecule has 1 fully saturated rings. The van der Waals surface area contributed by atoms with Gasteiger partial charge in [-0.1, -0.05) is 25.3 Å². The number of primary sulfonamides is 1. The molecule has 0 saturated heterocycles. The molecule has 7 heteroatoms. The Bertz CT molecular complexity index is 1050. The van der Waals surface area contributed by atoms with E-state index in [1.165, 1.54) is 55.6 Å². The van der Waals surface area contributed by atoms with E-state index in [1.807, 2.05) is 6.08 Å². The van der Waals surface area contributed by atoms with Crippen LogP contribution < -0.4 is 10.5 Å². The van der Waals surface area contributed by atoms with Gasteiger partial charge in [-0.05, 0) is 69.0 Å². The highest BCUT2D eigenvalue weighted by atomic mass is 32.2. The third-order valence-electron chi connectivity index (χ3n) is 5.64. The van der Waals surface area contributed by atoms with Crippen LogP contribution in [0, 0.1) is 20.8 Å². The quantitative estimate of drug-likeness (QED) is 0.716. The van der Waals surface area contributed by atoms with E-state index in [-0.39, 0.29) is 10.8 Å². The van der Waals surface area contributed by atoms with Gasteiger partial charge in [0.1, 0.15) is 0 Å². The first-order valence-corrected chi connectivity index (χ1v) is 11.5. The predicted molar refractivity (Wildman–Crippen MR) is 116 cm³/mol. The average molecular weight is 416 g/mol. The van der Waals surface area contributed by atoms with Crippen LogP contribution in [0.4, 0.5) is 5.69 Å². The minimum Gasteiger partial charge on any atom is -0.346 e. The van der Waals surface area contributed by atoms with Crippen LogP contribution in [-0.4, -0.2) is 18.9 Å². The Morgan fingerprint density at radius 3 is 2.48 bits per heavy atom. The fraction of sp³-hybridized carbons (Fsp3) is 0.409. The first-order chi connectivity index (χ1) is 13.7. The number of anilines is 1. The van der Waals surface area contributed by atoms with Gasteiger partial charge in [0, 0.05) is 29.2 Å². The summed E-state index contributed by atoms with van der Waals surface area (Å²) in [6.07, 6.45) is 9.56. The van der Waals surface area contributed by atoms with Crippen molar-refractivity contribution in [2.75, 3.05) is 5.32 Å². The minimum atomic E-state index is -3.84. The van der Waals surface area contributed by atoms with Crippen molar-refractivity contribution in [1.29, 1.82) is 0 Å². The molecule has 1 amide bonds. The molecule has 156 valence electrons. The van der Waals surface area contributed by atoms with E-state index in [0.717, 1.165) is 5.56 Å². The molecule has 1 aliphatic rings. The largest absolute Gasteiger partial charge is 0.346 e. The fourth-order valence-electron chi connectivity index (χ4n) is 4.21. The number of nitrogens with two attached hydrogens (primary N) is 1. The number of aromatic nitrogens is 1. The molecule has 1 aromatic heterocycles. The van der Waals surface area contributed by atoms with Gasteiger partial charge in [0.2, 0.25) is 15.9 Å². The van der Waals surface area contributed by atoms with Crippen molar-refractivity contribution in [2.24, 2.45) is 5.14 Å². The number of aryl methyl sites for hydroxylation is 2. The molecule has 0 atom stereocenters. The van der Waals surface area contributed by atoms with Crippen LogP contribution in [0.2, 0.25) is 0 Å². The average Bonchev–Trinajstić information content (AvgIpc) is 2.95. The summed E-state index contributed by atoms with van der Waals surface area (Å²) in [6.45, 7) is 5.87. The number of nitrogens with one attached hydrogen (secondary N) is 1. The molecule has 1 saturated carbocycles. The van der Waals surface area contributed by atoms with Crippen LogP contribution in [0.15, 0.2) is 35.2 Å². The lowest BCUT2D eigenvalue weighted by atomic mass is 9.95. The Morgan fingerprint density at radius 1 is 1.14 bits per heavy atom. The van der Waals surface area contributed by atoms with Crippen molar-refractivity contribution in [3.8, 4) is 0 Å². The van der Waals surface area contributed by atoms with E-state index in [9.17, 15) is 13.2 Å². The van der Waals surface area contributed by atoms with E-state index in [2.05, 4.69) is 29.8 Å². The van der Waals surface area contributed by atoms with Crippen molar-refractivity contribution in [1.82, 2.24) is 4.57 Å². The zero-order chi connectivity index (χ0) is 21.2. The van der Waals surface area contributed by atoms with E-state index >= 15 is 0 Å². The standard InChI is InChI=1S/C22H29N3O3S/c1-15-9-11-19(14-21(15)29(23,27)28)24-22(26)12-10-18-13-16(2)25(17(18)3)20-7-5-4-6-8-20/h9-14,20H,4-8H2,1-3H3,(H,24,26)(H2,23,27,28)/b12-10+. The first kappa shape index (κ1) is 21.3. The Kier molecular flexibility index (Phi) is 6.29. The summed E-state index contributed by atoms with van der Waals surface area (Å²) in [5.41, 5.74) is 4.34. The van der Waals surface area contributed by atoms with E-state index < -0.39 is 10.0 Å². The maximum Gasteiger partial charge on any atom is 0.248 e. The summed E-state index contributed by atoms with van der Waals surface area (Å²) in [5.74, 6) is -0.323. The van der Waals surface area contributed by atoms with Gasteiger partial charge in [-0.2, -0.15) is 0 Å². The molecule has 1 aliphatic carbocycles. The van der Waals surface area contributed by atoms with Crippen molar-refractivity contribution in [2.45, 2.75) is 63.8 Å². The monoisotopic (exact) mass is 415 g/mol. The molecule has 0 spiro atoms. The lowest BCUT2D eigenvalue weighted by molar-refractivity contribution is -0.111. The third kappa shape index (κ3) is 4.97. The maximum absolute atomic E-state index is 12.4. The van der Waals surface area contributed by atoms with Gasteiger partial charge in [0.05, 0.1) is 4.90 Å².